The molecule has 3 saturated heterocycles. The maximum absolute atomic E-state index is 13.1. The van der Waals surface area contributed by atoms with Gasteiger partial charge >= 0.3 is 0 Å². The van der Waals surface area contributed by atoms with Gasteiger partial charge in [0.05, 0.1) is 22.3 Å². The van der Waals surface area contributed by atoms with Crippen LogP contribution in [0.1, 0.15) is 19.3 Å². The van der Waals surface area contributed by atoms with Crippen molar-refractivity contribution in [2.24, 2.45) is 5.92 Å². The summed E-state index contributed by atoms with van der Waals surface area (Å²) >= 11 is 0. The van der Waals surface area contributed by atoms with Gasteiger partial charge in [-0.1, -0.05) is 18.2 Å². The van der Waals surface area contributed by atoms with Crippen molar-refractivity contribution < 1.29 is 21.6 Å². The Morgan fingerprint density at radius 2 is 1.67 bits per heavy atom. The van der Waals surface area contributed by atoms with Gasteiger partial charge in [0.2, 0.25) is 15.9 Å². The maximum Gasteiger partial charge on any atom is 0.243 e. The summed E-state index contributed by atoms with van der Waals surface area (Å²) in [5.74, 6) is 0.165. The molecule has 2 atom stereocenters. The summed E-state index contributed by atoms with van der Waals surface area (Å²) in [6, 6.07) is 8.42. The van der Waals surface area contributed by atoms with Crippen LogP contribution < -0.4 is 0 Å². The van der Waals surface area contributed by atoms with Crippen molar-refractivity contribution in [2.75, 3.05) is 50.8 Å². The molecule has 0 spiro atoms. The quantitative estimate of drug-likeness (QED) is 0.653. The molecule has 1 aromatic rings. The van der Waals surface area contributed by atoms with Gasteiger partial charge < -0.3 is 4.90 Å². The third-order valence-corrected chi connectivity index (χ3v) is 10.1. The van der Waals surface area contributed by atoms with Gasteiger partial charge in [-0.2, -0.15) is 4.31 Å². The SMILES string of the molecule is O=C(C1CCCN(S(=O)(=O)c2ccccc2)C1)N1CCN(C2CCS(=O)(=O)C2)CC1. The predicted octanol–water partition coefficient (Wildman–Crippen LogP) is 0.419. The Labute approximate surface area is 178 Å². The van der Waals surface area contributed by atoms with E-state index in [1.54, 1.807) is 30.3 Å². The molecule has 166 valence electrons. The normalized spacial score (nSPS) is 28.5. The third kappa shape index (κ3) is 4.56. The Morgan fingerprint density at radius 1 is 0.967 bits per heavy atom. The molecule has 0 radical (unpaired) electrons. The Balaban J connectivity index is 1.35. The lowest BCUT2D eigenvalue weighted by atomic mass is 9.97. The molecular formula is C20H29N3O5S2. The summed E-state index contributed by atoms with van der Waals surface area (Å²) in [6.07, 6.45) is 2.04. The summed E-state index contributed by atoms with van der Waals surface area (Å²) in [5, 5.41) is 0. The molecule has 0 aliphatic carbocycles. The molecule has 3 aliphatic heterocycles. The van der Waals surface area contributed by atoms with Crippen LogP contribution in [0.2, 0.25) is 0 Å². The van der Waals surface area contributed by atoms with E-state index in [9.17, 15) is 21.6 Å². The zero-order valence-electron chi connectivity index (χ0n) is 17.0. The molecule has 1 amide bonds. The van der Waals surface area contributed by atoms with Crippen LogP contribution in [0.4, 0.5) is 0 Å². The van der Waals surface area contributed by atoms with Crippen LogP contribution in [0.25, 0.3) is 0 Å². The van der Waals surface area contributed by atoms with Gasteiger partial charge in [0.25, 0.3) is 0 Å². The van der Waals surface area contributed by atoms with E-state index >= 15 is 0 Å². The number of sulfone groups is 1. The number of amides is 1. The fourth-order valence-corrected chi connectivity index (χ4v) is 8.04. The summed E-state index contributed by atoms with van der Waals surface area (Å²) in [5.41, 5.74) is 0. The molecule has 4 rings (SSSR count). The lowest BCUT2D eigenvalue weighted by molar-refractivity contribution is -0.138. The second-order valence-corrected chi connectivity index (χ2v) is 12.6. The average molecular weight is 456 g/mol. The van der Waals surface area contributed by atoms with E-state index in [-0.39, 0.29) is 40.8 Å². The lowest BCUT2D eigenvalue weighted by Gasteiger charge is -2.40. The zero-order valence-corrected chi connectivity index (χ0v) is 18.7. The summed E-state index contributed by atoms with van der Waals surface area (Å²) < 4.78 is 50.7. The number of benzene rings is 1. The topological polar surface area (TPSA) is 95.1 Å². The van der Waals surface area contributed by atoms with Crippen molar-refractivity contribution in [3.05, 3.63) is 30.3 Å². The minimum absolute atomic E-state index is 0.0154. The number of piperazine rings is 1. The first-order valence-electron chi connectivity index (χ1n) is 10.5. The number of carbonyl (C=O) groups is 1. The van der Waals surface area contributed by atoms with Crippen LogP contribution >= 0.6 is 0 Å². The van der Waals surface area contributed by atoms with Crippen LogP contribution in [-0.4, -0.2) is 93.7 Å². The lowest BCUT2D eigenvalue weighted by Crippen LogP contribution is -2.55. The Kier molecular flexibility index (Phi) is 6.20. The molecule has 0 saturated carbocycles. The van der Waals surface area contributed by atoms with Crippen LogP contribution in [0.15, 0.2) is 35.2 Å². The van der Waals surface area contributed by atoms with Gasteiger partial charge in [0, 0.05) is 45.3 Å². The summed E-state index contributed by atoms with van der Waals surface area (Å²) in [4.78, 5) is 17.4. The van der Waals surface area contributed by atoms with E-state index < -0.39 is 19.9 Å². The first kappa shape index (κ1) is 21.7. The molecule has 8 nitrogen and oxygen atoms in total. The molecule has 3 heterocycles. The van der Waals surface area contributed by atoms with Gasteiger partial charge in [-0.05, 0) is 31.4 Å². The second-order valence-electron chi connectivity index (χ2n) is 8.43. The minimum atomic E-state index is -3.59. The van der Waals surface area contributed by atoms with E-state index in [1.807, 2.05) is 4.90 Å². The third-order valence-electron chi connectivity index (χ3n) is 6.47. The molecule has 30 heavy (non-hydrogen) atoms. The molecule has 0 bridgehead atoms. The Bertz CT molecular complexity index is 973. The summed E-state index contributed by atoms with van der Waals surface area (Å²) in [6.45, 7) is 3.13. The molecule has 10 heteroatoms. The fourth-order valence-electron chi connectivity index (χ4n) is 4.73. The monoisotopic (exact) mass is 455 g/mol. The van der Waals surface area contributed by atoms with Crippen molar-refractivity contribution in [3.8, 4) is 0 Å². The van der Waals surface area contributed by atoms with Crippen LogP contribution in [-0.2, 0) is 24.7 Å². The van der Waals surface area contributed by atoms with Crippen molar-refractivity contribution >= 4 is 25.8 Å². The Hall–Kier alpha value is -1.49. The standard InChI is InChI=1S/C20H29N3O5S2/c24-20(22-12-10-21(11-13-22)18-8-14-29(25,26)16-18)17-5-4-9-23(15-17)30(27,28)19-6-2-1-3-7-19/h1-3,6-7,17-18H,4-5,8-16H2. The Morgan fingerprint density at radius 3 is 2.30 bits per heavy atom. The van der Waals surface area contributed by atoms with Crippen molar-refractivity contribution in [2.45, 2.75) is 30.2 Å². The molecule has 1 aromatic carbocycles. The largest absolute Gasteiger partial charge is 0.340 e. The van der Waals surface area contributed by atoms with Crippen LogP contribution in [0.3, 0.4) is 0 Å². The minimum Gasteiger partial charge on any atom is -0.340 e. The van der Waals surface area contributed by atoms with Crippen molar-refractivity contribution in [1.82, 2.24) is 14.1 Å². The van der Waals surface area contributed by atoms with E-state index in [0.717, 1.165) is 0 Å². The molecule has 2 unspecified atom stereocenters. The molecule has 0 N–H and O–H groups in total. The second kappa shape index (κ2) is 8.57. The number of piperidine rings is 1. The van der Waals surface area contributed by atoms with Crippen LogP contribution in [0.5, 0.6) is 0 Å². The highest BCUT2D eigenvalue weighted by Gasteiger charge is 2.38. The molecule has 3 aliphatic rings. The number of hydrogen-bond acceptors (Lipinski definition) is 6. The molecule has 0 aromatic heterocycles. The van der Waals surface area contributed by atoms with Gasteiger partial charge in [-0.25, -0.2) is 16.8 Å². The van der Waals surface area contributed by atoms with E-state index in [2.05, 4.69) is 4.90 Å². The number of rotatable bonds is 4. The van der Waals surface area contributed by atoms with Gasteiger partial charge in [0.15, 0.2) is 9.84 Å². The van der Waals surface area contributed by atoms with Crippen molar-refractivity contribution in [3.63, 3.8) is 0 Å². The first-order chi connectivity index (χ1) is 14.3. The zero-order chi connectivity index (χ0) is 21.4. The highest BCUT2D eigenvalue weighted by atomic mass is 32.2. The molecular weight excluding hydrogens is 426 g/mol. The summed E-state index contributed by atoms with van der Waals surface area (Å²) in [7, 11) is -6.51. The predicted molar refractivity (Wildman–Crippen MR) is 113 cm³/mol. The number of sulfonamides is 1. The number of carbonyl (C=O) groups excluding carboxylic acids is 1. The van der Waals surface area contributed by atoms with Gasteiger partial charge in [-0.15, -0.1) is 0 Å². The number of hydrogen-bond donors (Lipinski definition) is 0. The molecule has 3 fully saturated rings. The van der Waals surface area contributed by atoms with Crippen LogP contribution in [0, 0.1) is 5.92 Å². The van der Waals surface area contributed by atoms with Gasteiger partial charge in [0.1, 0.15) is 0 Å². The average Bonchev–Trinajstić information content (AvgIpc) is 3.14. The highest BCUT2D eigenvalue weighted by Crippen LogP contribution is 2.26. The number of nitrogens with zero attached hydrogens (tertiary/aromatic N) is 3. The van der Waals surface area contributed by atoms with Gasteiger partial charge in [-0.3, -0.25) is 9.69 Å². The first-order valence-corrected chi connectivity index (χ1v) is 13.8. The van der Waals surface area contributed by atoms with E-state index in [0.29, 0.717) is 52.0 Å². The van der Waals surface area contributed by atoms with E-state index in [4.69, 9.17) is 0 Å². The van der Waals surface area contributed by atoms with E-state index in [1.165, 1.54) is 4.31 Å². The maximum atomic E-state index is 13.1. The highest BCUT2D eigenvalue weighted by molar-refractivity contribution is 7.91. The smallest absolute Gasteiger partial charge is 0.243 e. The fraction of sp³-hybridized carbons (Fsp3) is 0.650. The van der Waals surface area contributed by atoms with Crippen molar-refractivity contribution in [1.29, 1.82) is 0 Å².